The van der Waals surface area contributed by atoms with Crippen molar-refractivity contribution in [1.82, 2.24) is 9.97 Å². The van der Waals surface area contributed by atoms with Gasteiger partial charge in [0.15, 0.2) is 0 Å². The Morgan fingerprint density at radius 2 is 1.67 bits per heavy atom. The predicted molar refractivity (Wildman–Crippen MR) is 111 cm³/mol. The van der Waals surface area contributed by atoms with E-state index in [0.29, 0.717) is 18.9 Å². The van der Waals surface area contributed by atoms with E-state index in [0.717, 1.165) is 30.6 Å². The Hall–Kier alpha value is -3.14. The van der Waals surface area contributed by atoms with Crippen LogP contribution in [0.5, 0.6) is 0 Å². The molecular weight excluding hydrogens is 334 g/mol. The molecule has 0 bridgehead atoms. The summed E-state index contributed by atoms with van der Waals surface area (Å²) in [6.07, 6.45) is 4.48. The highest BCUT2D eigenvalue weighted by atomic mass is 16.1. The van der Waals surface area contributed by atoms with E-state index in [4.69, 9.17) is 0 Å². The Bertz CT molecular complexity index is 904. The van der Waals surface area contributed by atoms with Gasteiger partial charge in [0.25, 0.3) is 5.56 Å². The second kappa shape index (κ2) is 9.53. The van der Waals surface area contributed by atoms with E-state index < -0.39 is 0 Å². The molecule has 0 radical (unpaired) electrons. The van der Waals surface area contributed by atoms with Gasteiger partial charge in [-0.05, 0) is 24.0 Å². The lowest BCUT2D eigenvalue weighted by atomic mass is 10.1. The van der Waals surface area contributed by atoms with Crippen molar-refractivity contribution in [3.63, 3.8) is 0 Å². The van der Waals surface area contributed by atoms with Crippen LogP contribution in [0.3, 0.4) is 0 Å². The Kier molecular flexibility index (Phi) is 6.58. The minimum absolute atomic E-state index is 0.216. The number of aromatic amines is 1. The second-order valence-electron chi connectivity index (χ2n) is 6.55. The van der Waals surface area contributed by atoms with Crippen molar-refractivity contribution in [1.29, 1.82) is 0 Å². The molecule has 0 unspecified atom stereocenters. The molecule has 1 heterocycles. The van der Waals surface area contributed by atoms with Crippen molar-refractivity contribution in [3.05, 3.63) is 107 Å². The number of nitrogens with one attached hydrogen (secondary N) is 1. The molecule has 0 amide bonds. The maximum Gasteiger partial charge on any atom is 0.274 e. The average Bonchev–Trinajstić information content (AvgIpc) is 2.68. The third-order valence-electron chi connectivity index (χ3n) is 4.41. The molecule has 0 spiro atoms. The lowest BCUT2D eigenvalue weighted by Crippen LogP contribution is -2.29. The standard InChI is InChI=1S/C23H25N3O/c1-2-15-26(16-9-14-19-10-5-3-6-11-19)23-24-21(18-22(27)25-23)17-20-12-7-4-8-13-20/h2-8,10-13,18H,1,9,14-17H2,(H,24,25,27). The smallest absolute Gasteiger partial charge is 0.274 e. The second-order valence-corrected chi connectivity index (χ2v) is 6.55. The van der Waals surface area contributed by atoms with Crippen LogP contribution in [0.15, 0.2) is 84.2 Å². The molecule has 27 heavy (non-hydrogen) atoms. The fourth-order valence-corrected chi connectivity index (χ4v) is 3.11. The van der Waals surface area contributed by atoms with Crippen molar-refractivity contribution in [3.8, 4) is 0 Å². The van der Waals surface area contributed by atoms with Crippen LogP contribution in [-0.4, -0.2) is 23.1 Å². The zero-order chi connectivity index (χ0) is 18.9. The SMILES string of the molecule is C=CCN(CCCc1ccccc1)c1nc(=O)cc(Cc2ccccc2)[nH]1. The third kappa shape index (κ3) is 5.68. The van der Waals surface area contributed by atoms with Crippen molar-refractivity contribution in [2.75, 3.05) is 18.0 Å². The molecule has 0 aliphatic heterocycles. The van der Waals surface area contributed by atoms with E-state index in [1.807, 2.05) is 30.3 Å². The summed E-state index contributed by atoms with van der Waals surface area (Å²) in [6.45, 7) is 5.29. The molecule has 0 saturated heterocycles. The van der Waals surface area contributed by atoms with Crippen LogP contribution in [0.25, 0.3) is 0 Å². The van der Waals surface area contributed by atoms with Crippen LogP contribution in [0.2, 0.25) is 0 Å². The number of aromatic nitrogens is 2. The van der Waals surface area contributed by atoms with Crippen molar-refractivity contribution in [2.24, 2.45) is 0 Å². The molecule has 1 N–H and O–H groups in total. The van der Waals surface area contributed by atoms with Gasteiger partial charge in [-0.1, -0.05) is 66.7 Å². The zero-order valence-electron chi connectivity index (χ0n) is 15.5. The van der Waals surface area contributed by atoms with E-state index in [2.05, 4.69) is 57.8 Å². The number of H-pyrrole nitrogens is 1. The van der Waals surface area contributed by atoms with Gasteiger partial charge in [-0.3, -0.25) is 4.79 Å². The van der Waals surface area contributed by atoms with E-state index in [1.54, 1.807) is 6.07 Å². The first-order valence-electron chi connectivity index (χ1n) is 9.28. The normalized spacial score (nSPS) is 10.5. The number of aryl methyl sites for hydroxylation is 1. The van der Waals surface area contributed by atoms with Gasteiger partial charge in [0.05, 0.1) is 0 Å². The Morgan fingerprint density at radius 1 is 1.00 bits per heavy atom. The first-order valence-corrected chi connectivity index (χ1v) is 9.28. The fourth-order valence-electron chi connectivity index (χ4n) is 3.11. The molecule has 3 aromatic rings. The van der Waals surface area contributed by atoms with Crippen molar-refractivity contribution < 1.29 is 0 Å². The van der Waals surface area contributed by atoms with Crippen LogP contribution in [0, 0.1) is 0 Å². The minimum Gasteiger partial charge on any atom is -0.339 e. The molecule has 4 nitrogen and oxygen atoms in total. The summed E-state index contributed by atoms with van der Waals surface area (Å²) >= 11 is 0. The summed E-state index contributed by atoms with van der Waals surface area (Å²) in [5.41, 5.74) is 3.13. The lowest BCUT2D eigenvalue weighted by molar-refractivity contribution is 0.736. The summed E-state index contributed by atoms with van der Waals surface area (Å²) < 4.78 is 0. The van der Waals surface area contributed by atoms with Crippen LogP contribution < -0.4 is 10.5 Å². The van der Waals surface area contributed by atoms with Crippen LogP contribution in [0.4, 0.5) is 5.95 Å². The number of anilines is 1. The number of hydrogen-bond acceptors (Lipinski definition) is 3. The molecule has 2 aromatic carbocycles. The molecule has 4 heteroatoms. The molecule has 3 rings (SSSR count). The number of benzene rings is 2. The summed E-state index contributed by atoms with van der Waals surface area (Å²) in [5, 5.41) is 0. The molecule has 1 aromatic heterocycles. The van der Waals surface area contributed by atoms with E-state index >= 15 is 0 Å². The van der Waals surface area contributed by atoms with E-state index in [1.165, 1.54) is 5.56 Å². The van der Waals surface area contributed by atoms with E-state index in [-0.39, 0.29) is 5.56 Å². The summed E-state index contributed by atoms with van der Waals surface area (Å²) in [7, 11) is 0. The Balaban J connectivity index is 1.72. The quantitative estimate of drug-likeness (QED) is 0.588. The first-order chi connectivity index (χ1) is 13.2. The van der Waals surface area contributed by atoms with E-state index in [9.17, 15) is 4.79 Å². The minimum atomic E-state index is -0.216. The Morgan fingerprint density at radius 3 is 2.33 bits per heavy atom. The summed E-state index contributed by atoms with van der Waals surface area (Å²) in [6, 6.07) is 22.1. The maximum atomic E-state index is 12.1. The highest BCUT2D eigenvalue weighted by Crippen LogP contribution is 2.12. The van der Waals surface area contributed by atoms with Gasteiger partial charge in [0, 0.05) is 31.3 Å². The topological polar surface area (TPSA) is 49.0 Å². The van der Waals surface area contributed by atoms with Gasteiger partial charge < -0.3 is 9.88 Å². The van der Waals surface area contributed by atoms with Crippen molar-refractivity contribution in [2.45, 2.75) is 19.3 Å². The summed E-state index contributed by atoms with van der Waals surface area (Å²) in [5.74, 6) is 0.612. The fraction of sp³-hybridized carbons (Fsp3) is 0.217. The highest BCUT2D eigenvalue weighted by molar-refractivity contribution is 5.33. The third-order valence-corrected chi connectivity index (χ3v) is 4.41. The maximum absolute atomic E-state index is 12.1. The van der Waals surface area contributed by atoms with Gasteiger partial charge >= 0.3 is 0 Å². The van der Waals surface area contributed by atoms with Gasteiger partial charge in [-0.15, -0.1) is 6.58 Å². The monoisotopic (exact) mass is 359 g/mol. The number of hydrogen-bond donors (Lipinski definition) is 1. The van der Waals surface area contributed by atoms with Crippen LogP contribution >= 0.6 is 0 Å². The largest absolute Gasteiger partial charge is 0.339 e. The van der Waals surface area contributed by atoms with Gasteiger partial charge in [0.2, 0.25) is 5.95 Å². The molecule has 0 saturated carbocycles. The molecule has 138 valence electrons. The number of rotatable bonds is 9. The van der Waals surface area contributed by atoms with Gasteiger partial charge in [-0.2, -0.15) is 4.98 Å². The zero-order valence-corrected chi connectivity index (χ0v) is 15.5. The van der Waals surface area contributed by atoms with Gasteiger partial charge in [0.1, 0.15) is 0 Å². The van der Waals surface area contributed by atoms with Gasteiger partial charge in [-0.25, -0.2) is 0 Å². The molecule has 0 aliphatic carbocycles. The van der Waals surface area contributed by atoms with Crippen LogP contribution in [0.1, 0.15) is 23.2 Å². The van der Waals surface area contributed by atoms with Crippen LogP contribution in [-0.2, 0) is 12.8 Å². The first kappa shape index (κ1) is 18.6. The Labute approximate surface area is 160 Å². The average molecular weight is 359 g/mol. The molecular formula is C23H25N3O. The summed E-state index contributed by atoms with van der Waals surface area (Å²) in [4.78, 5) is 21.7. The molecule has 0 atom stereocenters. The molecule has 0 fully saturated rings. The van der Waals surface area contributed by atoms with Crippen molar-refractivity contribution >= 4 is 5.95 Å². The highest BCUT2D eigenvalue weighted by Gasteiger charge is 2.10. The molecule has 0 aliphatic rings. The lowest BCUT2D eigenvalue weighted by Gasteiger charge is -2.22. The number of nitrogens with zero attached hydrogens (tertiary/aromatic N) is 2. The predicted octanol–water partition coefficient (Wildman–Crippen LogP) is 3.99.